The predicted molar refractivity (Wildman–Crippen MR) is 136 cm³/mol. The van der Waals surface area contributed by atoms with Crippen LogP contribution >= 0.6 is 56.8 Å². The molecule has 4 nitrogen and oxygen atoms in total. The van der Waals surface area contributed by atoms with E-state index in [1.807, 2.05) is 25.1 Å². The second-order valence-corrected chi connectivity index (χ2v) is 9.26. The van der Waals surface area contributed by atoms with Crippen molar-refractivity contribution in [3.63, 3.8) is 0 Å². The first-order chi connectivity index (χ1) is 14.3. The van der Waals surface area contributed by atoms with Crippen LogP contribution in [0.3, 0.4) is 0 Å². The van der Waals surface area contributed by atoms with Gasteiger partial charge in [-0.15, -0.1) is 0 Å². The van der Waals surface area contributed by atoms with Gasteiger partial charge in [-0.3, -0.25) is 0 Å². The molecule has 1 N–H and O–H groups in total. The lowest BCUT2D eigenvalue weighted by molar-refractivity contribution is -0.149. The maximum Gasteiger partial charge on any atom is 0.333 e. The SMILES string of the molecule is CCO[C@@H](Cc1ccc(OC/C=C(\C)C#Cc2cc(I)cc(I)c2)c(Cl)c1)C(=O)O. The molecular formula is C23H21ClI2O4. The van der Waals surface area contributed by atoms with Crippen LogP contribution in [0.1, 0.15) is 25.0 Å². The van der Waals surface area contributed by atoms with E-state index in [1.165, 1.54) is 0 Å². The summed E-state index contributed by atoms with van der Waals surface area (Å²) >= 11 is 10.9. The number of rotatable bonds is 8. The van der Waals surface area contributed by atoms with Crippen molar-refractivity contribution in [3.8, 4) is 17.6 Å². The van der Waals surface area contributed by atoms with Crippen molar-refractivity contribution in [1.29, 1.82) is 0 Å². The van der Waals surface area contributed by atoms with Crippen molar-refractivity contribution in [1.82, 2.24) is 0 Å². The largest absolute Gasteiger partial charge is 0.488 e. The van der Waals surface area contributed by atoms with Gasteiger partial charge < -0.3 is 14.6 Å². The van der Waals surface area contributed by atoms with Gasteiger partial charge in [-0.2, -0.15) is 0 Å². The Bertz CT molecular complexity index is 972. The molecule has 2 rings (SSSR count). The number of halogens is 3. The number of benzene rings is 2. The molecule has 0 aromatic heterocycles. The second-order valence-electron chi connectivity index (χ2n) is 6.36. The van der Waals surface area contributed by atoms with Crippen LogP contribution in [0.15, 0.2) is 48.0 Å². The molecule has 1 atom stereocenters. The molecule has 0 amide bonds. The molecule has 2 aromatic rings. The van der Waals surface area contributed by atoms with Gasteiger partial charge in [-0.05, 0) is 107 Å². The van der Waals surface area contributed by atoms with Gasteiger partial charge in [0, 0.05) is 25.7 Å². The summed E-state index contributed by atoms with van der Waals surface area (Å²) in [6.07, 6.45) is 1.25. The maximum atomic E-state index is 11.2. The summed E-state index contributed by atoms with van der Waals surface area (Å²) in [6, 6.07) is 11.4. The van der Waals surface area contributed by atoms with Crippen LogP contribution in [-0.2, 0) is 16.0 Å². The van der Waals surface area contributed by atoms with E-state index in [2.05, 4.69) is 63.1 Å². The quantitative estimate of drug-likeness (QED) is 0.283. The lowest BCUT2D eigenvalue weighted by Gasteiger charge is -2.13. The highest BCUT2D eigenvalue weighted by Gasteiger charge is 2.18. The van der Waals surface area contributed by atoms with E-state index >= 15 is 0 Å². The smallest absolute Gasteiger partial charge is 0.333 e. The van der Waals surface area contributed by atoms with Crippen LogP contribution in [0.2, 0.25) is 5.02 Å². The minimum atomic E-state index is -0.991. The average molecular weight is 651 g/mol. The highest BCUT2D eigenvalue weighted by Crippen LogP contribution is 2.26. The molecule has 0 unspecified atom stereocenters. The normalized spacial score (nSPS) is 12.1. The molecule has 0 aliphatic carbocycles. The lowest BCUT2D eigenvalue weighted by atomic mass is 10.1. The number of hydrogen-bond donors (Lipinski definition) is 1. The standard InChI is InChI=1S/C23H21ClI2O4/c1-3-29-22(23(27)28)13-17-6-7-21(20(24)12-17)30-9-8-15(2)4-5-16-10-18(25)14-19(26)11-16/h6-8,10-12,14,22H,3,9,13H2,1-2H3,(H,27,28)/b15-8+/t22-/m0/s1. The van der Waals surface area contributed by atoms with Crippen LogP contribution in [0.5, 0.6) is 5.75 Å². The first-order valence-electron chi connectivity index (χ1n) is 9.19. The summed E-state index contributed by atoms with van der Waals surface area (Å²) in [4.78, 5) is 11.2. The van der Waals surface area contributed by atoms with Gasteiger partial charge in [-0.1, -0.05) is 29.5 Å². The minimum absolute atomic E-state index is 0.245. The predicted octanol–water partition coefficient (Wildman–Crippen LogP) is 5.96. The number of carboxylic acids is 1. The average Bonchev–Trinajstić information content (AvgIpc) is 2.67. The van der Waals surface area contributed by atoms with Crippen molar-refractivity contribution >= 4 is 62.8 Å². The highest BCUT2D eigenvalue weighted by molar-refractivity contribution is 14.1. The molecule has 158 valence electrons. The summed E-state index contributed by atoms with van der Waals surface area (Å²) in [5.41, 5.74) is 2.65. The Morgan fingerprint density at radius 3 is 2.53 bits per heavy atom. The molecule has 2 aromatic carbocycles. The molecule has 0 aliphatic heterocycles. The molecule has 0 heterocycles. The molecule has 0 aliphatic rings. The molecular weight excluding hydrogens is 630 g/mol. The summed E-state index contributed by atoms with van der Waals surface area (Å²) in [7, 11) is 0. The third-order valence-corrected chi connectivity index (χ3v) is 5.50. The number of allylic oxidation sites excluding steroid dienone is 1. The van der Waals surface area contributed by atoms with E-state index in [4.69, 9.17) is 21.1 Å². The number of aliphatic carboxylic acids is 1. The van der Waals surface area contributed by atoms with Crippen LogP contribution < -0.4 is 4.74 Å². The van der Waals surface area contributed by atoms with Crippen molar-refractivity contribution in [2.45, 2.75) is 26.4 Å². The van der Waals surface area contributed by atoms with Crippen LogP contribution in [-0.4, -0.2) is 30.4 Å². The topological polar surface area (TPSA) is 55.8 Å². The van der Waals surface area contributed by atoms with Gasteiger partial charge >= 0.3 is 5.97 Å². The number of carbonyl (C=O) groups is 1. The van der Waals surface area contributed by atoms with E-state index in [-0.39, 0.29) is 6.42 Å². The van der Waals surface area contributed by atoms with Crippen molar-refractivity contribution < 1.29 is 19.4 Å². The fourth-order valence-corrected chi connectivity index (χ4v) is 4.72. The van der Waals surface area contributed by atoms with Gasteiger partial charge in [0.1, 0.15) is 12.4 Å². The second kappa shape index (κ2) is 12.5. The van der Waals surface area contributed by atoms with Crippen molar-refractivity contribution in [2.75, 3.05) is 13.2 Å². The molecule has 0 saturated heterocycles. The molecule has 0 fully saturated rings. The first kappa shape index (κ1) is 25.0. The fourth-order valence-electron chi connectivity index (χ4n) is 2.53. The Kier molecular flexibility index (Phi) is 10.4. The summed E-state index contributed by atoms with van der Waals surface area (Å²) in [5.74, 6) is 5.84. The van der Waals surface area contributed by atoms with Crippen LogP contribution in [0, 0.1) is 19.0 Å². The van der Waals surface area contributed by atoms with E-state index in [0.717, 1.165) is 23.8 Å². The first-order valence-corrected chi connectivity index (χ1v) is 11.7. The zero-order valence-electron chi connectivity index (χ0n) is 16.5. The van der Waals surface area contributed by atoms with Gasteiger partial charge in [0.2, 0.25) is 0 Å². The zero-order valence-corrected chi connectivity index (χ0v) is 21.6. The van der Waals surface area contributed by atoms with Crippen molar-refractivity contribution in [2.24, 2.45) is 0 Å². The highest BCUT2D eigenvalue weighted by atomic mass is 127. The van der Waals surface area contributed by atoms with Crippen LogP contribution in [0.25, 0.3) is 0 Å². The molecule has 0 saturated carbocycles. The third-order valence-electron chi connectivity index (χ3n) is 3.96. The Hall–Kier alpha value is -1.28. The number of hydrogen-bond acceptors (Lipinski definition) is 3. The number of carboxylic acid groups (broad SMARTS) is 1. The number of ether oxygens (including phenoxy) is 2. The van der Waals surface area contributed by atoms with E-state index in [9.17, 15) is 9.90 Å². The Labute approximate surface area is 209 Å². The van der Waals surface area contributed by atoms with E-state index < -0.39 is 12.1 Å². The third kappa shape index (κ3) is 8.46. The van der Waals surface area contributed by atoms with Gasteiger partial charge in [0.05, 0.1) is 5.02 Å². The van der Waals surface area contributed by atoms with Crippen LogP contribution in [0.4, 0.5) is 0 Å². The molecule has 0 bridgehead atoms. The lowest BCUT2D eigenvalue weighted by Crippen LogP contribution is -2.26. The molecule has 7 heteroatoms. The Morgan fingerprint density at radius 1 is 1.23 bits per heavy atom. The Balaban J connectivity index is 1.97. The maximum absolute atomic E-state index is 11.2. The molecule has 0 spiro atoms. The zero-order chi connectivity index (χ0) is 22.1. The van der Waals surface area contributed by atoms with E-state index in [0.29, 0.717) is 24.0 Å². The van der Waals surface area contributed by atoms with E-state index in [1.54, 1.807) is 25.1 Å². The van der Waals surface area contributed by atoms with Gasteiger partial charge in [-0.25, -0.2) is 4.79 Å². The Morgan fingerprint density at radius 2 is 1.93 bits per heavy atom. The summed E-state index contributed by atoms with van der Waals surface area (Å²) in [6.45, 7) is 4.37. The molecule has 30 heavy (non-hydrogen) atoms. The summed E-state index contributed by atoms with van der Waals surface area (Å²) < 4.78 is 13.3. The minimum Gasteiger partial charge on any atom is -0.488 e. The van der Waals surface area contributed by atoms with Gasteiger partial charge in [0.15, 0.2) is 6.10 Å². The van der Waals surface area contributed by atoms with Crippen molar-refractivity contribution in [3.05, 3.63) is 71.3 Å². The fraction of sp³-hybridized carbons (Fsp3) is 0.261. The molecule has 0 radical (unpaired) electrons. The summed E-state index contributed by atoms with van der Waals surface area (Å²) in [5, 5.41) is 9.63. The monoisotopic (exact) mass is 650 g/mol. The van der Waals surface area contributed by atoms with Gasteiger partial charge in [0.25, 0.3) is 0 Å².